The first-order valence-corrected chi connectivity index (χ1v) is 9.03. The number of nitrogens with one attached hydrogen (secondary N) is 1. The van der Waals surface area contributed by atoms with E-state index in [1.54, 1.807) is 12.1 Å². The normalized spacial score (nSPS) is 29.9. The van der Waals surface area contributed by atoms with Crippen molar-refractivity contribution in [1.82, 2.24) is 9.62 Å². The molecule has 2 unspecified atom stereocenters. The number of sulfonamides is 1. The summed E-state index contributed by atoms with van der Waals surface area (Å²) < 4.78 is 38.0. The third kappa shape index (κ3) is 2.75. The number of ether oxygens (including phenoxy) is 1. The van der Waals surface area contributed by atoms with Crippen LogP contribution in [0.15, 0.2) is 21.6 Å². The number of hydrogen-bond acceptors (Lipinski definition) is 5. The van der Waals surface area contributed by atoms with Gasteiger partial charge in [0.1, 0.15) is 5.76 Å². The van der Waals surface area contributed by atoms with Gasteiger partial charge in [-0.05, 0) is 37.8 Å². The van der Waals surface area contributed by atoms with Crippen LogP contribution in [-0.2, 0) is 21.3 Å². The van der Waals surface area contributed by atoms with Crippen LogP contribution in [0.3, 0.4) is 0 Å². The van der Waals surface area contributed by atoms with Crippen molar-refractivity contribution >= 4 is 10.0 Å². The average molecular weight is 312 g/mol. The molecule has 1 saturated carbocycles. The fraction of sp³-hybridized carbons (Fsp3) is 0.714. The molecule has 1 aliphatic carbocycles. The van der Waals surface area contributed by atoms with E-state index in [4.69, 9.17) is 9.15 Å². The van der Waals surface area contributed by atoms with E-state index in [2.05, 4.69) is 5.32 Å². The van der Waals surface area contributed by atoms with Crippen LogP contribution in [0.2, 0.25) is 0 Å². The molecule has 3 aliphatic rings. The third-order valence-corrected chi connectivity index (χ3v) is 6.09. The van der Waals surface area contributed by atoms with Gasteiger partial charge in [0.25, 0.3) is 10.0 Å². The first-order valence-electron chi connectivity index (χ1n) is 7.59. The van der Waals surface area contributed by atoms with Crippen molar-refractivity contribution < 1.29 is 17.6 Å². The molecule has 0 spiro atoms. The van der Waals surface area contributed by atoms with Gasteiger partial charge in [0.2, 0.25) is 5.09 Å². The van der Waals surface area contributed by atoms with Crippen LogP contribution in [0.4, 0.5) is 0 Å². The van der Waals surface area contributed by atoms with E-state index in [9.17, 15) is 8.42 Å². The van der Waals surface area contributed by atoms with Gasteiger partial charge in [-0.25, -0.2) is 8.42 Å². The Morgan fingerprint density at radius 1 is 1.14 bits per heavy atom. The van der Waals surface area contributed by atoms with E-state index in [1.165, 1.54) is 17.1 Å². The maximum Gasteiger partial charge on any atom is 0.276 e. The predicted molar refractivity (Wildman–Crippen MR) is 75.2 cm³/mol. The summed E-state index contributed by atoms with van der Waals surface area (Å²) in [6, 6.07) is 3.89. The molecule has 116 valence electrons. The molecule has 0 radical (unpaired) electrons. The van der Waals surface area contributed by atoms with Crippen LogP contribution in [0.5, 0.6) is 0 Å². The Kier molecular flexibility index (Phi) is 3.33. The van der Waals surface area contributed by atoms with E-state index in [0.717, 1.165) is 12.8 Å². The minimum Gasteiger partial charge on any atom is -0.447 e. The minimum atomic E-state index is -3.53. The maximum atomic E-state index is 12.6. The molecule has 3 heterocycles. The smallest absolute Gasteiger partial charge is 0.276 e. The number of morpholine rings is 1. The molecule has 1 N–H and O–H groups in total. The molecule has 21 heavy (non-hydrogen) atoms. The average Bonchev–Trinajstić information content (AvgIpc) is 3.07. The summed E-state index contributed by atoms with van der Waals surface area (Å²) >= 11 is 0. The number of fused-ring (bicyclic) bond motifs is 2. The zero-order valence-corrected chi connectivity index (χ0v) is 12.6. The largest absolute Gasteiger partial charge is 0.447 e. The summed E-state index contributed by atoms with van der Waals surface area (Å²) in [5.41, 5.74) is 0. The zero-order valence-electron chi connectivity index (χ0n) is 11.8. The zero-order chi connectivity index (χ0) is 14.4. The van der Waals surface area contributed by atoms with Gasteiger partial charge >= 0.3 is 0 Å². The first-order chi connectivity index (χ1) is 10.1. The highest BCUT2D eigenvalue weighted by molar-refractivity contribution is 7.89. The van der Waals surface area contributed by atoms with Crippen LogP contribution in [-0.4, -0.2) is 44.1 Å². The molecule has 0 aromatic carbocycles. The number of rotatable bonds is 5. The Labute approximate surface area is 124 Å². The predicted octanol–water partition coefficient (Wildman–Crippen LogP) is 1.08. The van der Waals surface area contributed by atoms with Crippen LogP contribution in [0.1, 0.15) is 31.4 Å². The highest BCUT2D eigenvalue weighted by Crippen LogP contribution is 2.30. The molecule has 0 amide bonds. The molecule has 2 bridgehead atoms. The molecule has 6 nitrogen and oxygen atoms in total. The number of hydrogen-bond donors (Lipinski definition) is 1. The van der Waals surface area contributed by atoms with Gasteiger partial charge in [-0.3, -0.25) is 0 Å². The molecule has 2 aliphatic heterocycles. The van der Waals surface area contributed by atoms with Crippen molar-refractivity contribution in [3.05, 3.63) is 17.9 Å². The Balaban J connectivity index is 1.48. The van der Waals surface area contributed by atoms with Crippen molar-refractivity contribution in [3.8, 4) is 0 Å². The topological polar surface area (TPSA) is 71.8 Å². The maximum absolute atomic E-state index is 12.6. The monoisotopic (exact) mass is 312 g/mol. The molecule has 7 heteroatoms. The van der Waals surface area contributed by atoms with E-state index in [1.807, 2.05) is 0 Å². The SMILES string of the molecule is O=S(=O)(c1ccc(CNC2CC2)o1)N1CC2CCC(C1)O2. The van der Waals surface area contributed by atoms with Crippen molar-refractivity contribution in [2.45, 2.75) is 55.6 Å². The molecule has 3 fully saturated rings. The summed E-state index contributed by atoms with van der Waals surface area (Å²) in [6.45, 7) is 1.47. The lowest BCUT2D eigenvalue weighted by Crippen LogP contribution is -2.45. The quantitative estimate of drug-likeness (QED) is 0.881. The summed E-state index contributed by atoms with van der Waals surface area (Å²) in [5.74, 6) is 0.678. The molecule has 1 aromatic heterocycles. The second-order valence-corrected chi connectivity index (χ2v) is 8.02. The lowest BCUT2D eigenvalue weighted by atomic mass is 10.2. The van der Waals surface area contributed by atoms with Gasteiger partial charge in [-0.15, -0.1) is 0 Å². The van der Waals surface area contributed by atoms with Crippen LogP contribution < -0.4 is 5.32 Å². The van der Waals surface area contributed by atoms with Gasteiger partial charge in [0.15, 0.2) is 0 Å². The van der Waals surface area contributed by atoms with Gasteiger partial charge in [-0.1, -0.05) is 0 Å². The highest BCUT2D eigenvalue weighted by atomic mass is 32.2. The lowest BCUT2D eigenvalue weighted by Gasteiger charge is -2.30. The first kappa shape index (κ1) is 13.8. The van der Waals surface area contributed by atoms with Crippen LogP contribution in [0.25, 0.3) is 0 Å². The lowest BCUT2D eigenvalue weighted by molar-refractivity contribution is -0.0118. The number of furan rings is 1. The van der Waals surface area contributed by atoms with Gasteiger partial charge in [-0.2, -0.15) is 4.31 Å². The van der Waals surface area contributed by atoms with Crippen LogP contribution in [0, 0.1) is 0 Å². The molecule has 1 aromatic rings. The Hall–Kier alpha value is -0.890. The number of nitrogens with zero attached hydrogens (tertiary/aromatic N) is 1. The minimum absolute atomic E-state index is 0.0458. The Bertz CT molecular complexity index is 611. The van der Waals surface area contributed by atoms with Crippen molar-refractivity contribution in [2.75, 3.05) is 13.1 Å². The fourth-order valence-corrected chi connectivity index (χ4v) is 4.46. The van der Waals surface area contributed by atoms with Gasteiger partial charge in [0, 0.05) is 19.1 Å². The van der Waals surface area contributed by atoms with Gasteiger partial charge in [0.05, 0.1) is 18.8 Å². The van der Waals surface area contributed by atoms with E-state index in [-0.39, 0.29) is 17.3 Å². The molecular formula is C14H20N2O4S. The second-order valence-electron chi connectivity index (χ2n) is 6.16. The van der Waals surface area contributed by atoms with E-state index >= 15 is 0 Å². The molecule has 2 saturated heterocycles. The summed E-state index contributed by atoms with van der Waals surface area (Å²) in [5, 5.41) is 3.37. The Morgan fingerprint density at radius 3 is 2.52 bits per heavy atom. The molecule has 2 atom stereocenters. The third-order valence-electron chi connectivity index (χ3n) is 4.38. The summed E-state index contributed by atoms with van der Waals surface area (Å²) in [6.07, 6.45) is 4.38. The van der Waals surface area contributed by atoms with E-state index < -0.39 is 10.0 Å². The van der Waals surface area contributed by atoms with Crippen molar-refractivity contribution in [2.24, 2.45) is 0 Å². The summed E-state index contributed by atoms with van der Waals surface area (Å²) in [4.78, 5) is 0. The van der Waals surface area contributed by atoms with E-state index in [0.29, 0.717) is 31.4 Å². The highest BCUT2D eigenvalue weighted by Gasteiger charge is 2.40. The standard InChI is InChI=1S/C14H20N2O4S/c17-21(18,16-8-12-3-4-13(9-16)19-12)14-6-5-11(20-14)7-15-10-1-2-10/h5-6,10,12-13,15H,1-4,7-9H2. The summed E-state index contributed by atoms with van der Waals surface area (Å²) in [7, 11) is -3.53. The van der Waals surface area contributed by atoms with Gasteiger partial charge < -0.3 is 14.5 Å². The second kappa shape index (κ2) is 5.08. The Morgan fingerprint density at radius 2 is 1.86 bits per heavy atom. The van der Waals surface area contributed by atoms with Crippen LogP contribution >= 0.6 is 0 Å². The fourth-order valence-electron chi connectivity index (χ4n) is 3.03. The molecular weight excluding hydrogens is 292 g/mol. The molecule has 4 rings (SSSR count). The van der Waals surface area contributed by atoms with Crippen molar-refractivity contribution in [1.29, 1.82) is 0 Å². The van der Waals surface area contributed by atoms with Crippen molar-refractivity contribution in [3.63, 3.8) is 0 Å².